The Morgan fingerprint density at radius 1 is 0.767 bits per heavy atom. The lowest BCUT2D eigenvalue weighted by atomic mass is 10.2. The summed E-state index contributed by atoms with van der Waals surface area (Å²) in [6.45, 7) is 0. The number of carbonyl (C=O) groups is 2. The number of rotatable bonds is 6. The van der Waals surface area contributed by atoms with Crippen molar-refractivity contribution in [3.8, 4) is 11.3 Å². The van der Waals surface area contributed by atoms with Crippen LogP contribution in [0.2, 0.25) is 0 Å². The summed E-state index contributed by atoms with van der Waals surface area (Å²) in [4.78, 5) is 24.1. The van der Waals surface area contributed by atoms with Crippen LogP contribution in [0.1, 0.15) is 16.3 Å². The van der Waals surface area contributed by atoms with Crippen molar-refractivity contribution in [2.24, 2.45) is 0 Å². The first-order valence-electron chi connectivity index (χ1n) is 9.27. The number of benzene rings is 2. The number of hydrogen-bond donors (Lipinski definition) is 2. The highest BCUT2D eigenvalue weighted by Gasteiger charge is 2.08. The molecule has 2 N–H and O–H groups in total. The second kappa shape index (κ2) is 8.79. The van der Waals surface area contributed by atoms with Crippen LogP contribution < -0.4 is 10.6 Å². The maximum absolute atomic E-state index is 12.2. The van der Waals surface area contributed by atoms with Crippen molar-refractivity contribution in [3.05, 3.63) is 103 Å². The van der Waals surface area contributed by atoms with Crippen LogP contribution in [0.4, 0.5) is 11.4 Å². The van der Waals surface area contributed by atoms with E-state index >= 15 is 0 Å². The van der Waals surface area contributed by atoms with Gasteiger partial charge in [-0.05, 0) is 54.6 Å². The van der Waals surface area contributed by atoms with Crippen LogP contribution in [0.15, 0.2) is 100 Å². The summed E-state index contributed by atoms with van der Waals surface area (Å²) >= 11 is 0. The molecule has 4 aromatic rings. The van der Waals surface area contributed by atoms with Crippen LogP contribution in [0.3, 0.4) is 0 Å². The Labute approximate surface area is 172 Å². The van der Waals surface area contributed by atoms with Gasteiger partial charge < -0.3 is 19.5 Å². The molecule has 0 unspecified atom stereocenters. The fourth-order valence-corrected chi connectivity index (χ4v) is 2.78. The number of anilines is 2. The van der Waals surface area contributed by atoms with Crippen molar-refractivity contribution in [1.82, 2.24) is 0 Å². The number of hydrogen-bond acceptors (Lipinski definition) is 4. The molecule has 4 rings (SSSR count). The van der Waals surface area contributed by atoms with Gasteiger partial charge in [0.05, 0.1) is 6.26 Å². The summed E-state index contributed by atoms with van der Waals surface area (Å²) in [7, 11) is 0. The van der Waals surface area contributed by atoms with Gasteiger partial charge in [-0.3, -0.25) is 9.59 Å². The first-order valence-corrected chi connectivity index (χ1v) is 9.27. The lowest BCUT2D eigenvalue weighted by Crippen LogP contribution is -2.11. The first-order chi connectivity index (χ1) is 14.7. The third-order valence-electron chi connectivity index (χ3n) is 4.24. The predicted molar refractivity (Wildman–Crippen MR) is 115 cm³/mol. The molecule has 0 radical (unpaired) electrons. The van der Waals surface area contributed by atoms with E-state index in [4.69, 9.17) is 8.83 Å². The Kier molecular flexibility index (Phi) is 5.57. The molecule has 0 aliphatic carbocycles. The van der Waals surface area contributed by atoms with Crippen LogP contribution in [0.25, 0.3) is 17.4 Å². The second-order valence-corrected chi connectivity index (χ2v) is 6.40. The fourth-order valence-electron chi connectivity index (χ4n) is 2.78. The van der Waals surface area contributed by atoms with Gasteiger partial charge in [-0.15, -0.1) is 0 Å². The standard InChI is InChI=1S/C24H18N2O4/c27-23(15-13-20-12-14-21(30-20)17-5-2-1-3-6-17)25-18-8-10-19(11-9-18)26-24(28)22-7-4-16-29-22/h1-16H,(H,25,27)(H,26,28)/b15-13+. The van der Waals surface area contributed by atoms with Gasteiger partial charge in [-0.2, -0.15) is 0 Å². The summed E-state index contributed by atoms with van der Waals surface area (Å²) in [6.07, 6.45) is 4.45. The number of carbonyl (C=O) groups excluding carboxylic acids is 2. The quantitative estimate of drug-likeness (QED) is 0.423. The summed E-state index contributed by atoms with van der Waals surface area (Å²) in [5, 5.41) is 5.48. The van der Waals surface area contributed by atoms with Gasteiger partial charge >= 0.3 is 0 Å². The largest absolute Gasteiger partial charge is 0.459 e. The Hall–Kier alpha value is -4.32. The van der Waals surface area contributed by atoms with Gasteiger partial charge in [0.1, 0.15) is 11.5 Å². The maximum atomic E-state index is 12.2. The zero-order valence-electron chi connectivity index (χ0n) is 15.9. The van der Waals surface area contributed by atoms with E-state index in [1.807, 2.05) is 42.5 Å². The van der Waals surface area contributed by atoms with Gasteiger partial charge in [0.25, 0.3) is 5.91 Å². The van der Waals surface area contributed by atoms with Crippen molar-refractivity contribution in [1.29, 1.82) is 0 Å². The lowest BCUT2D eigenvalue weighted by molar-refractivity contribution is -0.111. The van der Waals surface area contributed by atoms with E-state index in [1.165, 1.54) is 12.3 Å². The fraction of sp³-hybridized carbons (Fsp3) is 0. The Balaban J connectivity index is 1.33. The summed E-state index contributed by atoms with van der Waals surface area (Å²) < 4.78 is 10.8. The zero-order valence-corrected chi connectivity index (χ0v) is 15.9. The summed E-state index contributed by atoms with van der Waals surface area (Å²) in [6, 6.07) is 23.4. The van der Waals surface area contributed by atoms with Gasteiger partial charge in [0.15, 0.2) is 5.76 Å². The molecule has 2 aromatic carbocycles. The molecule has 0 saturated heterocycles. The molecule has 0 bridgehead atoms. The van der Waals surface area contributed by atoms with Gasteiger partial charge in [-0.25, -0.2) is 0 Å². The zero-order chi connectivity index (χ0) is 20.8. The highest BCUT2D eigenvalue weighted by atomic mass is 16.3. The van der Waals surface area contributed by atoms with E-state index in [1.54, 1.807) is 42.5 Å². The van der Waals surface area contributed by atoms with Crippen LogP contribution in [0, 0.1) is 0 Å². The molecule has 30 heavy (non-hydrogen) atoms. The Bertz CT molecular complexity index is 1160. The number of nitrogens with one attached hydrogen (secondary N) is 2. The molecule has 0 aliphatic rings. The van der Waals surface area contributed by atoms with Crippen molar-refractivity contribution in [2.75, 3.05) is 10.6 Å². The molecule has 0 saturated carbocycles. The SMILES string of the molecule is O=C(/C=C/c1ccc(-c2ccccc2)o1)Nc1ccc(NC(=O)c2ccco2)cc1. The van der Waals surface area contributed by atoms with E-state index in [9.17, 15) is 9.59 Å². The average Bonchev–Trinajstić information content (AvgIpc) is 3.47. The van der Waals surface area contributed by atoms with Crippen molar-refractivity contribution >= 4 is 29.3 Å². The molecule has 6 nitrogen and oxygen atoms in total. The lowest BCUT2D eigenvalue weighted by Gasteiger charge is -2.05. The van der Waals surface area contributed by atoms with E-state index in [0.717, 1.165) is 11.3 Å². The normalized spacial score (nSPS) is 10.8. The first kappa shape index (κ1) is 19.0. The number of amides is 2. The molecule has 2 amide bonds. The molecule has 0 spiro atoms. The minimum atomic E-state index is -0.340. The van der Waals surface area contributed by atoms with Crippen LogP contribution in [-0.2, 0) is 4.79 Å². The van der Waals surface area contributed by atoms with Gasteiger partial charge in [-0.1, -0.05) is 30.3 Å². The van der Waals surface area contributed by atoms with Crippen molar-refractivity contribution in [2.45, 2.75) is 0 Å². The average molecular weight is 398 g/mol. The third kappa shape index (κ3) is 4.74. The topological polar surface area (TPSA) is 84.5 Å². The van der Waals surface area contributed by atoms with E-state index in [0.29, 0.717) is 17.1 Å². The molecule has 148 valence electrons. The maximum Gasteiger partial charge on any atom is 0.291 e. The van der Waals surface area contributed by atoms with Crippen molar-refractivity contribution in [3.63, 3.8) is 0 Å². The van der Waals surface area contributed by atoms with Gasteiger partial charge in [0, 0.05) is 23.0 Å². The summed E-state index contributed by atoms with van der Waals surface area (Å²) in [5.74, 6) is 0.918. The monoisotopic (exact) mass is 398 g/mol. The minimum Gasteiger partial charge on any atom is -0.459 e. The van der Waals surface area contributed by atoms with Crippen LogP contribution >= 0.6 is 0 Å². The van der Waals surface area contributed by atoms with E-state index in [-0.39, 0.29) is 17.6 Å². The highest BCUT2D eigenvalue weighted by molar-refractivity contribution is 6.03. The third-order valence-corrected chi connectivity index (χ3v) is 4.24. The minimum absolute atomic E-state index is 0.228. The summed E-state index contributed by atoms with van der Waals surface area (Å²) in [5.41, 5.74) is 2.17. The van der Waals surface area contributed by atoms with E-state index in [2.05, 4.69) is 10.6 Å². The van der Waals surface area contributed by atoms with Crippen LogP contribution in [-0.4, -0.2) is 11.8 Å². The molecular formula is C24H18N2O4. The van der Waals surface area contributed by atoms with E-state index < -0.39 is 0 Å². The molecule has 6 heteroatoms. The highest BCUT2D eigenvalue weighted by Crippen LogP contribution is 2.22. The van der Waals surface area contributed by atoms with Crippen molar-refractivity contribution < 1.29 is 18.4 Å². The molecule has 2 aromatic heterocycles. The predicted octanol–water partition coefficient (Wildman–Crippen LogP) is 5.44. The number of furan rings is 2. The molecule has 2 heterocycles. The molecule has 0 fully saturated rings. The van der Waals surface area contributed by atoms with Gasteiger partial charge in [0.2, 0.25) is 5.91 Å². The second-order valence-electron chi connectivity index (χ2n) is 6.40. The Morgan fingerprint density at radius 3 is 2.20 bits per heavy atom. The molecule has 0 aliphatic heterocycles. The molecule has 0 atom stereocenters. The van der Waals surface area contributed by atoms with Crippen LogP contribution in [0.5, 0.6) is 0 Å². The Morgan fingerprint density at radius 2 is 1.50 bits per heavy atom. The smallest absolute Gasteiger partial charge is 0.291 e. The molecular weight excluding hydrogens is 380 g/mol.